The third kappa shape index (κ3) is 2.57. The first-order chi connectivity index (χ1) is 10.2. The molecule has 4 heteroatoms. The van der Waals surface area contributed by atoms with Crippen molar-refractivity contribution >= 4 is 11.6 Å². The number of hydrogen-bond donors (Lipinski definition) is 0. The Morgan fingerprint density at radius 3 is 2.81 bits per heavy atom. The van der Waals surface area contributed by atoms with E-state index in [1.807, 2.05) is 18.2 Å². The molecule has 3 nitrogen and oxygen atoms in total. The number of nitrogens with zero attached hydrogens (tertiary/aromatic N) is 2. The van der Waals surface area contributed by atoms with Gasteiger partial charge in [-0.2, -0.15) is 5.10 Å². The third-order valence-corrected chi connectivity index (χ3v) is 3.53. The van der Waals surface area contributed by atoms with Crippen molar-refractivity contribution in [1.29, 1.82) is 0 Å². The van der Waals surface area contributed by atoms with Crippen LogP contribution in [0.3, 0.4) is 0 Å². The average Bonchev–Trinajstić information content (AvgIpc) is 2.94. The average molecular weight is 281 g/mol. The lowest BCUT2D eigenvalue weighted by Crippen LogP contribution is -2.24. The van der Waals surface area contributed by atoms with E-state index in [-0.39, 0.29) is 17.8 Å². The molecule has 0 aliphatic carbocycles. The predicted molar refractivity (Wildman–Crippen MR) is 78.1 cm³/mol. The normalized spacial score (nSPS) is 17.7. The van der Waals surface area contributed by atoms with Gasteiger partial charge in [-0.25, -0.2) is 9.40 Å². The second-order valence-corrected chi connectivity index (χ2v) is 4.95. The Morgan fingerprint density at radius 1 is 1.33 bits per heavy atom. The van der Waals surface area contributed by atoms with Gasteiger partial charge in [0, 0.05) is 18.9 Å². The molecule has 1 atom stereocenters. The Labute approximate surface area is 122 Å². The highest BCUT2D eigenvalue weighted by molar-refractivity contribution is 6.03. The summed E-state index contributed by atoms with van der Waals surface area (Å²) in [6, 6.07) is 16.7. The van der Waals surface area contributed by atoms with Gasteiger partial charge in [0.15, 0.2) is 0 Å². The molecular formula is C17H14FN2O. The molecular weight excluding hydrogens is 267 g/mol. The maximum atomic E-state index is 13.9. The van der Waals surface area contributed by atoms with Gasteiger partial charge in [-0.1, -0.05) is 36.4 Å². The number of halogens is 1. The topological polar surface area (TPSA) is 32.7 Å². The van der Waals surface area contributed by atoms with Gasteiger partial charge in [0.2, 0.25) is 5.91 Å². The van der Waals surface area contributed by atoms with Crippen molar-refractivity contribution in [1.82, 2.24) is 5.01 Å². The van der Waals surface area contributed by atoms with Crippen LogP contribution >= 0.6 is 0 Å². The Morgan fingerprint density at radius 2 is 2.14 bits per heavy atom. The third-order valence-electron chi connectivity index (χ3n) is 3.53. The number of amides is 1. The highest BCUT2D eigenvalue weighted by atomic mass is 19.1. The van der Waals surface area contributed by atoms with Crippen LogP contribution in [-0.2, 0) is 4.79 Å². The SMILES string of the molecule is CC(=O)N1N=C(c2ccccc2F)CC1c1c[c]ccc1. The summed E-state index contributed by atoms with van der Waals surface area (Å²) < 4.78 is 13.9. The quantitative estimate of drug-likeness (QED) is 0.831. The standard InChI is InChI=1S/C17H14FN2O/c1-12(21)20-17(13-7-3-2-4-8-13)11-16(19-20)14-9-5-6-10-15(14)18/h2-3,5-10,17H,11H2,1H3. The molecule has 1 aliphatic rings. The van der Waals surface area contributed by atoms with Gasteiger partial charge in [0.1, 0.15) is 5.82 Å². The number of hydrazone groups is 1. The molecule has 105 valence electrons. The molecule has 0 aromatic heterocycles. The Hall–Kier alpha value is -2.49. The Kier molecular flexibility index (Phi) is 3.52. The molecule has 3 rings (SSSR count). The van der Waals surface area contributed by atoms with Crippen molar-refractivity contribution in [3.63, 3.8) is 0 Å². The number of rotatable bonds is 2. The highest BCUT2D eigenvalue weighted by Crippen LogP contribution is 2.32. The van der Waals surface area contributed by atoms with Crippen LogP contribution in [0.5, 0.6) is 0 Å². The van der Waals surface area contributed by atoms with Crippen molar-refractivity contribution in [2.24, 2.45) is 5.10 Å². The molecule has 1 amide bonds. The number of hydrogen-bond acceptors (Lipinski definition) is 2. The van der Waals surface area contributed by atoms with Gasteiger partial charge in [0.25, 0.3) is 0 Å². The summed E-state index contributed by atoms with van der Waals surface area (Å²) in [5.41, 5.74) is 1.99. The van der Waals surface area contributed by atoms with E-state index < -0.39 is 0 Å². The molecule has 1 heterocycles. The van der Waals surface area contributed by atoms with E-state index >= 15 is 0 Å². The molecule has 1 unspecified atom stereocenters. The molecule has 0 bridgehead atoms. The molecule has 0 spiro atoms. The van der Waals surface area contributed by atoms with E-state index in [0.29, 0.717) is 17.7 Å². The van der Waals surface area contributed by atoms with Gasteiger partial charge in [-0.3, -0.25) is 4.79 Å². The predicted octanol–water partition coefficient (Wildman–Crippen LogP) is 3.32. The van der Waals surface area contributed by atoms with Crippen LogP contribution in [-0.4, -0.2) is 16.6 Å². The van der Waals surface area contributed by atoms with Gasteiger partial charge in [-0.15, -0.1) is 0 Å². The molecule has 0 saturated carbocycles. The molecule has 0 fully saturated rings. The molecule has 2 aromatic rings. The van der Waals surface area contributed by atoms with E-state index in [2.05, 4.69) is 11.2 Å². The van der Waals surface area contributed by atoms with E-state index in [1.54, 1.807) is 24.3 Å². The van der Waals surface area contributed by atoms with Crippen molar-refractivity contribution in [2.75, 3.05) is 0 Å². The van der Waals surface area contributed by atoms with Crippen LogP contribution in [0.15, 0.2) is 53.6 Å². The van der Waals surface area contributed by atoms with Crippen LogP contribution in [0, 0.1) is 11.9 Å². The fraction of sp³-hybridized carbons (Fsp3) is 0.176. The lowest BCUT2D eigenvalue weighted by molar-refractivity contribution is -0.130. The minimum Gasteiger partial charge on any atom is -0.273 e. The zero-order valence-corrected chi connectivity index (χ0v) is 11.6. The van der Waals surface area contributed by atoms with Crippen molar-refractivity contribution < 1.29 is 9.18 Å². The molecule has 0 N–H and O–H groups in total. The van der Waals surface area contributed by atoms with Crippen molar-refractivity contribution in [3.05, 3.63) is 71.5 Å². The fourth-order valence-corrected chi connectivity index (χ4v) is 2.53. The first-order valence-electron chi connectivity index (χ1n) is 6.75. The molecule has 1 radical (unpaired) electrons. The van der Waals surface area contributed by atoms with Crippen LogP contribution in [0.1, 0.15) is 30.5 Å². The molecule has 0 saturated heterocycles. The van der Waals surface area contributed by atoms with Gasteiger partial charge in [-0.05, 0) is 23.8 Å². The Balaban J connectivity index is 1.98. The fourth-order valence-electron chi connectivity index (χ4n) is 2.53. The van der Waals surface area contributed by atoms with Gasteiger partial charge >= 0.3 is 0 Å². The van der Waals surface area contributed by atoms with E-state index in [1.165, 1.54) is 18.0 Å². The highest BCUT2D eigenvalue weighted by Gasteiger charge is 2.31. The van der Waals surface area contributed by atoms with Gasteiger partial charge in [0.05, 0.1) is 11.8 Å². The van der Waals surface area contributed by atoms with Gasteiger partial charge < -0.3 is 0 Å². The summed E-state index contributed by atoms with van der Waals surface area (Å²) in [4.78, 5) is 11.8. The summed E-state index contributed by atoms with van der Waals surface area (Å²) in [6.07, 6.45) is 0.498. The largest absolute Gasteiger partial charge is 0.273 e. The lowest BCUT2D eigenvalue weighted by atomic mass is 9.98. The van der Waals surface area contributed by atoms with Crippen LogP contribution < -0.4 is 0 Å². The summed E-state index contributed by atoms with van der Waals surface area (Å²) in [7, 11) is 0. The maximum Gasteiger partial charge on any atom is 0.240 e. The zero-order valence-electron chi connectivity index (χ0n) is 11.6. The van der Waals surface area contributed by atoms with Crippen molar-refractivity contribution in [2.45, 2.75) is 19.4 Å². The summed E-state index contributed by atoms with van der Waals surface area (Å²) in [5, 5.41) is 5.74. The van der Waals surface area contributed by atoms with Crippen LogP contribution in [0.2, 0.25) is 0 Å². The smallest absolute Gasteiger partial charge is 0.240 e. The second kappa shape index (κ2) is 5.48. The number of carbonyl (C=O) groups is 1. The molecule has 2 aromatic carbocycles. The zero-order chi connectivity index (χ0) is 14.8. The summed E-state index contributed by atoms with van der Waals surface area (Å²) >= 11 is 0. The minimum atomic E-state index is -0.319. The second-order valence-electron chi connectivity index (χ2n) is 4.95. The number of benzene rings is 2. The van der Waals surface area contributed by atoms with E-state index in [0.717, 1.165) is 5.56 Å². The first-order valence-corrected chi connectivity index (χ1v) is 6.75. The Bertz CT molecular complexity index is 697. The monoisotopic (exact) mass is 281 g/mol. The van der Waals surface area contributed by atoms with Crippen LogP contribution in [0.25, 0.3) is 0 Å². The van der Waals surface area contributed by atoms with Crippen LogP contribution in [0.4, 0.5) is 4.39 Å². The molecule has 21 heavy (non-hydrogen) atoms. The number of carbonyl (C=O) groups excluding carboxylic acids is 1. The minimum absolute atomic E-state index is 0.157. The maximum absolute atomic E-state index is 13.9. The summed E-state index contributed by atoms with van der Waals surface area (Å²) in [5.74, 6) is -0.477. The van der Waals surface area contributed by atoms with E-state index in [9.17, 15) is 9.18 Å². The van der Waals surface area contributed by atoms with Crippen molar-refractivity contribution in [3.8, 4) is 0 Å². The lowest BCUT2D eigenvalue weighted by Gasteiger charge is -2.20. The molecule has 1 aliphatic heterocycles. The first kappa shape index (κ1) is 13.5. The van der Waals surface area contributed by atoms with E-state index in [4.69, 9.17) is 0 Å². The summed E-state index contributed by atoms with van der Waals surface area (Å²) in [6.45, 7) is 1.47.